The van der Waals surface area contributed by atoms with Crippen LogP contribution in [0.1, 0.15) is 51.4 Å². The van der Waals surface area contributed by atoms with Gasteiger partial charge in [0.1, 0.15) is 0 Å². The van der Waals surface area contributed by atoms with Crippen LogP contribution in [-0.4, -0.2) is 30.6 Å². The summed E-state index contributed by atoms with van der Waals surface area (Å²) in [7, 11) is 0. The fourth-order valence-electron chi connectivity index (χ4n) is 4.52. The monoisotopic (exact) mass is 236 g/mol. The largest absolute Gasteiger partial charge is 0.327 e. The normalized spacial score (nSPS) is 43.6. The first-order chi connectivity index (χ1) is 8.34. The molecule has 0 spiro atoms. The molecule has 2 aliphatic carbocycles. The lowest BCUT2D eigenvalue weighted by atomic mass is 9.84. The van der Waals surface area contributed by atoms with Crippen molar-refractivity contribution in [2.45, 2.75) is 57.4 Å². The molecule has 98 valence electrons. The summed E-state index contributed by atoms with van der Waals surface area (Å²) in [6.45, 7) is 3.98. The van der Waals surface area contributed by atoms with E-state index in [1.165, 1.54) is 71.0 Å². The maximum Gasteiger partial charge on any atom is 0.0111 e. The van der Waals surface area contributed by atoms with Gasteiger partial charge in [0.2, 0.25) is 0 Å². The highest BCUT2D eigenvalue weighted by atomic mass is 15.1. The Hall–Kier alpha value is -0.0800. The number of rotatable bonds is 2. The highest BCUT2D eigenvalue weighted by Crippen LogP contribution is 2.47. The molecule has 2 heteroatoms. The third-order valence-electron chi connectivity index (χ3n) is 5.58. The molecule has 4 atom stereocenters. The average Bonchev–Trinajstić information content (AvgIpc) is 2.85. The van der Waals surface area contributed by atoms with Gasteiger partial charge in [-0.15, -0.1) is 0 Å². The summed E-state index contributed by atoms with van der Waals surface area (Å²) in [5.74, 6) is 2.67. The lowest BCUT2D eigenvalue weighted by molar-refractivity contribution is 0.164. The van der Waals surface area contributed by atoms with Gasteiger partial charge in [-0.05, 0) is 62.9 Å². The van der Waals surface area contributed by atoms with Gasteiger partial charge in [0, 0.05) is 12.6 Å². The van der Waals surface area contributed by atoms with E-state index in [9.17, 15) is 0 Å². The fraction of sp³-hybridized carbons (Fsp3) is 1.00. The summed E-state index contributed by atoms with van der Waals surface area (Å²) in [4.78, 5) is 2.73. The summed E-state index contributed by atoms with van der Waals surface area (Å²) in [5, 5.41) is 0. The maximum absolute atomic E-state index is 6.42. The van der Waals surface area contributed by atoms with Crippen molar-refractivity contribution >= 4 is 0 Å². The molecule has 1 heterocycles. The van der Waals surface area contributed by atoms with Gasteiger partial charge < -0.3 is 10.6 Å². The number of hydrogen-bond acceptors (Lipinski definition) is 2. The van der Waals surface area contributed by atoms with E-state index in [1.807, 2.05) is 0 Å². The topological polar surface area (TPSA) is 29.3 Å². The van der Waals surface area contributed by atoms with E-state index in [2.05, 4.69) is 4.90 Å². The number of nitrogens with zero attached hydrogens (tertiary/aromatic N) is 1. The Balaban J connectivity index is 1.54. The number of nitrogens with two attached hydrogens (primary N) is 1. The molecule has 1 saturated heterocycles. The molecule has 2 N–H and O–H groups in total. The van der Waals surface area contributed by atoms with Crippen LogP contribution in [0.4, 0.5) is 0 Å². The van der Waals surface area contributed by atoms with E-state index in [1.54, 1.807) is 0 Å². The number of hydrogen-bond donors (Lipinski definition) is 1. The van der Waals surface area contributed by atoms with Crippen molar-refractivity contribution in [3.63, 3.8) is 0 Å². The van der Waals surface area contributed by atoms with Crippen LogP contribution in [0.25, 0.3) is 0 Å². The lowest BCUT2D eigenvalue weighted by Crippen LogP contribution is -2.43. The molecule has 3 fully saturated rings. The minimum absolute atomic E-state index is 0.527. The van der Waals surface area contributed by atoms with Crippen molar-refractivity contribution < 1.29 is 0 Å². The standard InChI is InChI=1S/C15H28N2/c16-15-13-7-6-12(10-13)14(15)11-17-8-4-2-1-3-5-9-17/h12-15H,1-11,16H2. The Morgan fingerprint density at radius 1 is 0.882 bits per heavy atom. The molecular formula is C15H28N2. The Morgan fingerprint density at radius 2 is 1.53 bits per heavy atom. The van der Waals surface area contributed by atoms with Crippen LogP contribution < -0.4 is 5.73 Å². The molecule has 3 rings (SSSR count). The molecule has 2 saturated carbocycles. The molecule has 2 nitrogen and oxygen atoms in total. The van der Waals surface area contributed by atoms with Crippen molar-refractivity contribution in [3.8, 4) is 0 Å². The fourth-order valence-corrected chi connectivity index (χ4v) is 4.52. The van der Waals surface area contributed by atoms with Crippen molar-refractivity contribution in [3.05, 3.63) is 0 Å². The molecule has 0 aromatic carbocycles. The maximum atomic E-state index is 6.42. The second-order valence-corrected chi connectivity index (χ2v) is 6.64. The predicted octanol–water partition coefficient (Wildman–Crippen LogP) is 2.63. The van der Waals surface area contributed by atoms with Crippen LogP contribution in [0.5, 0.6) is 0 Å². The zero-order valence-corrected chi connectivity index (χ0v) is 11.1. The first-order valence-corrected chi connectivity index (χ1v) is 7.82. The van der Waals surface area contributed by atoms with Crippen molar-refractivity contribution in [2.24, 2.45) is 23.5 Å². The van der Waals surface area contributed by atoms with Gasteiger partial charge in [0.05, 0.1) is 0 Å². The SMILES string of the molecule is NC1C2CCC(C2)C1CN1CCCCCCC1. The van der Waals surface area contributed by atoms with Gasteiger partial charge in [-0.2, -0.15) is 0 Å². The summed E-state index contributed by atoms with van der Waals surface area (Å²) >= 11 is 0. The minimum Gasteiger partial charge on any atom is -0.327 e. The lowest BCUT2D eigenvalue weighted by Gasteiger charge is -2.34. The van der Waals surface area contributed by atoms with E-state index in [0.29, 0.717) is 6.04 Å². The van der Waals surface area contributed by atoms with Crippen molar-refractivity contribution in [2.75, 3.05) is 19.6 Å². The summed E-state index contributed by atoms with van der Waals surface area (Å²) in [5.41, 5.74) is 6.42. The van der Waals surface area contributed by atoms with Crippen LogP contribution >= 0.6 is 0 Å². The Labute approximate surface area is 106 Å². The second-order valence-electron chi connectivity index (χ2n) is 6.64. The molecule has 4 unspecified atom stereocenters. The molecule has 0 amide bonds. The van der Waals surface area contributed by atoms with Crippen LogP contribution in [-0.2, 0) is 0 Å². The number of likely N-dealkylation sites (tertiary alicyclic amines) is 1. The number of fused-ring (bicyclic) bond motifs is 2. The van der Waals surface area contributed by atoms with Crippen molar-refractivity contribution in [1.82, 2.24) is 4.90 Å². The van der Waals surface area contributed by atoms with Gasteiger partial charge in [-0.1, -0.05) is 19.3 Å². The molecule has 3 aliphatic rings. The molecule has 17 heavy (non-hydrogen) atoms. The minimum atomic E-state index is 0.527. The predicted molar refractivity (Wildman–Crippen MR) is 71.8 cm³/mol. The summed E-state index contributed by atoms with van der Waals surface area (Å²) < 4.78 is 0. The third-order valence-corrected chi connectivity index (χ3v) is 5.58. The van der Waals surface area contributed by atoms with Crippen LogP contribution in [0.2, 0.25) is 0 Å². The molecule has 2 bridgehead atoms. The highest BCUT2D eigenvalue weighted by Gasteiger charge is 2.45. The van der Waals surface area contributed by atoms with Gasteiger partial charge in [-0.3, -0.25) is 0 Å². The highest BCUT2D eigenvalue weighted by molar-refractivity contribution is 4.99. The quantitative estimate of drug-likeness (QED) is 0.798. The Kier molecular flexibility index (Phi) is 3.72. The zero-order valence-electron chi connectivity index (χ0n) is 11.1. The zero-order chi connectivity index (χ0) is 11.7. The average molecular weight is 236 g/mol. The molecule has 0 radical (unpaired) electrons. The van der Waals surface area contributed by atoms with E-state index >= 15 is 0 Å². The van der Waals surface area contributed by atoms with E-state index in [4.69, 9.17) is 5.73 Å². The van der Waals surface area contributed by atoms with Crippen molar-refractivity contribution in [1.29, 1.82) is 0 Å². The van der Waals surface area contributed by atoms with Gasteiger partial charge in [0.15, 0.2) is 0 Å². The second kappa shape index (κ2) is 5.27. The summed E-state index contributed by atoms with van der Waals surface area (Å²) in [6.07, 6.45) is 11.5. The third kappa shape index (κ3) is 2.53. The smallest absolute Gasteiger partial charge is 0.0111 e. The van der Waals surface area contributed by atoms with E-state index < -0.39 is 0 Å². The Morgan fingerprint density at radius 3 is 2.18 bits per heavy atom. The van der Waals surface area contributed by atoms with E-state index in [-0.39, 0.29) is 0 Å². The molecule has 0 aromatic heterocycles. The van der Waals surface area contributed by atoms with Crippen LogP contribution in [0, 0.1) is 17.8 Å². The molecule has 1 aliphatic heterocycles. The summed E-state index contributed by atoms with van der Waals surface area (Å²) in [6, 6.07) is 0.527. The first kappa shape index (κ1) is 12.0. The Bertz CT molecular complexity index is 243. The van der Waals surface area contributed by atoms with Gasteiger partial charge in [-0.25, -0.2) is 0 Å². The molecule has 0 aromatic rings. The van der Waals surface area contributed by atoms with Crippen LogP contribution in [0.15, 0.2) is 0 Å². The van der Waals surface area contributed by atoms with Gasteiger partial charge >= 0.3 is 0 Å². The molecular weight excluding hydrogens is 208 g/mol. The van der Waals surface area contributed by atoms with Crippen LogP contribution in [0.3, 0.4) is 0 Å². The van der Waals surface area contributed by atoms with E-state index in [0.717, 1.165) is 17.8 Å². The van der Waals surface area contributed by atoms with Gasteiger partial charge in [0.25, 0.3) is 0 Å². The first-order valence-electron chi connectivity index (χ1n) is 7.82.